The molecule has 2 heterocycles. The third-order valence-electron chi connectivity index (χ3n) is 6.29. The molecule has 0 spiro atoms. The van der Waals surface area contributed by atoms with Crippen LogP contribution in [0, 0.1) is 11.3 Å². The van der Waals surface area contributed by atoms with Crippen molar-refractivity contribution in [2.24, 2.45) is 11.3 Å². The Hall–Kier alpha value is -1.56. The monoisotopic (exact) mass is 438 g/mol. The summed E-state index contributed by atoms with van der Waals surface area (Å²) in [5.41, 5.74) is 1.85. The fraction of sp³-hybridized carbons (Fsp3) is 0.545. The lowest BCUT2D eigenvalue weighted by molar-refractivity contribution is -0.128. The number of anilines is 1. The number of amides is 1. The normalized spacial score (nSPS) is 23.1. The first kappa shape index (κ1) is 23.7. The highest BCUT2D eigenvalue weighted by Gasteiger charge is 2.49. The van der Waals surface area contributed by atoms with Gasteiger partial charge in [-0.05, 0) is 43.0 Å². The van der Waals surface area contributed by atoms with Gasteiger partial charge in [-0.2, -0.15) is 0 Å². The number of hydrogen-bond donors (Lipinski definition) is 2. The van der Waals surface area contributed by atoms with Crippen LogP contribution in [0.15, 0.2) is 36.7 Å². The maximum Gasteiger partial charge on any atom is 0.232 e. The summed E-state index contributed by atoms with van der Waals surface area (Å²) in [5.74, 6) is 2.15. The van der Waals surface area contributed by atoms with Crippen molar-refractivity contribution in [2.45, 2.75) is 52.0 Å². The molecule has 2 fully saturated rings. The molecule has 1 saturated heterocycles. The molecular weight excluding hydrogens is 407 g/mol. The van der Waals surface area contributed by atoms with E-state index in [0.29, 0.717) is 11.8 Å². The lowest BCUT2D eigenvalue weighted by atomic mass is 9.67. The Morgan fingerprint density at radius 1 is 1.34 bits per heavy atom. The van der Waals surface area contributed by atoms with Gasteiger partial charge < -0.3 is 15.2 Å². The SMILES string of the molecule is CC(C)c1nccn1Cc1cccc(NC(=O)[C@@]23CCCC[C@H]2CNC3)c1.Cl.Cl. The zero-order chi connectivity index (χ0) is 18.9. The average molecular weight is 439 g/mol. The molecule has 0 bridgehead atoms. The third-order valence-corrected chi connectivity index (χ3v) is 6.29. The second kappa shape index (κ2) is 9.96. The Labute approximate surface area is 185 Å². The number of carbonyl (C=O) groups is 1. The van der Waals surface area contributed by atoms with Crippen molar-refractivity contribution in [3.63, 3.8) is 0 Å². The van der Waals surface area contributed by atoms with E-state index in [1.54, 1.807) is 0 Å². The molecule has 1 aromatic carbocycles. The summed E-state index contributed by atoms with van der Waals surface area (Å²) in [4.78, 5) is 17.6. The van der Waals surface area contributed by atoms with Crippen LogP contribution < -0.4 is 10.6 Å². The van der Waals surface area contributed by atoms with E-state index in [1.807, 2.05) is 24.5 Å². The second-order valence-electron chi connectivity index (χ2n) is 8.45. The van der Waals surface area contributed by atoms with Gasteiger partial charge in [-0.25, -0.2) is 4.98 Å². The summed E-state index contributed by atoms with van der Waals surface area (Å²) >= 11 is 0. The van der Waals surface area contributed by atoms with Crippen molar-refractivity contribution in [3.05, 3.63) is 48.0 Å². The first-order chi connectivity index (χ1) is 13.1. The fourth-order valence-electron chi connectivity index (χ4n) is 4.85. The van der Waals surface area contributed by atoms with Crippen LogP contribution in [-0.4, -0.2) is 28.5 Å². The minimum Gasteiger partial charge on any atom is -0.330 e. The van der Waals surface area contributed by atoms with Crippen molar-refractivity contribution in [1.29, 1.82) is 0 Å². The van der Waals surface area contributed by atoms with Gasteiger partial charge in [-0.15, -0.1) is 24.8 Å². The Bertz CT molecular complexity index is 823. The molecule has 2 atom stereocenters. The standard InChI is InChI=1S/C22H30N4O.2ClH/c1-16(2)20-24-10-11-26(20)14-17-6-5-8-19(12-17)25-21(27)22-9-4-3-7-18(22)13-23-15-22;;/h5-6,8,10-12,16,18,23H,3-4,7,9,13-15H2,1-2H3,(H,25,27);2*1H/t18-,22+;;/m0../s1. The number of nitrogens with one attached hydrogen (secondary N) is 2. The number of fused-ring (bicyclic) bond motifs is 1. The van der Waals surface area contributed by atoms with Crippen LogP contribution in [-0.2, 0) is 11.3 Å². The highest BCUT2D eigenvalue weighted by atomic mass is 35.5. The van der Waals surface area contributed by atoms with Gasteiger partial charge in [0.25, 0.3) is 0 Å². The van der Waals surface area contributed by atoms with E-state index in [9.17, 15) is 4.79 Å². The average Bonchev–Trinajstić information content (AvgIpc) is 3.29. The molecule has 1 saturated carbocycles. The fourth-order valence-corrected chi connectivity index (χ4v) is 4.85. The molecule has 0 unspecified atom stereocenters. The molecule has 0 radical (unpaired) electrons. The smallest absolute Gasteiger partial charge is 0.232 e. The van der Waals surface area contributed by atoms with Gasteiger partial charge in [0.05, 0.1) is 5.41 Å². The highest BCUT2D eigenvalue weighted by Crippen LogP contribution is 2.44. The van der Waals surface area contributed by atoms with Crippen LogP contribution >= 0.6 is 24.8 Å². The molecule has 1 aliphatic heterocycles. The summed E-state index contributed by atoms with van der Waals surface area (Å²) in [6.45, 7) is 6.88. The van der Waals surface area contributed by atoms with Crippen molar-refractivity contribution in [2.75, 3.05) is 18.4 Å². The van der Waals surface area contributed by atoms with Crippen LogP contribution in [0.2, 0.25) is 0 Å². The van der Waals surface area contributed by atoms with Crippen molar-refractivity contribution in [1.82, 2.24) is 14.9 Å². The summed E-state index contributed by atoms with van der Waals surface area (Å²) in [5, 5.41) is 6.69. The Morgan fingerprint density at radius 3 is 2.97 bits per heavy atom. The van der Waals surface area contributed by atoms with Gasteiger partial charge in [0.1, 0.15) is 5.82 Å². The van der Waals surface area contributed by atoms with E-state index in [1.165, 1.54) is 18.4 Å². The first-order valence-corrected chi connectivity index (χ1v) is 10.2. The molecule has 2 aliphatic rings. The molecule has 160 valence electrons. The number of hydrogen-bond acceptors (Lipinski definition) is 3. The molecule has 5 nitrogen and oxygen atoms in total. The van der Waals surface area contributed by atoms with Crippen LogP contribution in [0.1, 0.15) is 56.8 Å². The van der Waals surface area contributed by atoms with E-state index in [-0.39, 0.29) is 36.1 Å². The predicted octanol–water partition coefficient (Wildman–Crippen LogP) is 4.62. The molecular formula is C22H32Cl2N4O. The maximum atomic E-state index is 13.2. The van der Waals surface area contributed by atoms with Crippen LogP contribution in [0.25, 0.3) is 0 Å². The number of nitrogens with zero attached hydrogens (tertiary/aromatic N) is 2. The predicted molar refractivity (Wildman–Crippen MR) is 122 cm³/mol. The number of benzene rings is 1. The van der Waals surface area contributed by atoms with Crippen LogP contribution in [0.5, 0.6) is 0 Å². The van der Waals surface area contributed by atoms with Crippen molar-refractivity contribution in [3.8, 4) is 0 Å². The number of halogens is 2. The zero-order valence-electron chi connectivity index (χ0n) is 17.2. The molecule has 1 aromatic heterocycles. The van der Waals surface area contributed by atoms with E-state index in [0.717, 1.165) is 44.0 Å². The minimum absolute atomic E-state index is 0. The van der Waals surface area contributed by atoms with Gasteiger partial charge in [0, 0.05) is 37.1 Å². The largest absolute Gasteiger partial charge is 0.330 e. The summed E-state index contributed by atoms with van der Waals surface area (Å²) < 4.78 is 2.18. The highest BCUT2D eigenvalue weighted by molar-refractivity contribution is 5.96. The molecule has 1 amide bonds. The van der Waals surface area contributed by atoms with Crippen LogP contribution in [0.3, 0.4) is 0 Å². The van der Waals surface area contributed by atoms with E-state index < -0.39 is 0 Å². The van der Waals surface area contributed by atoms with E-state index in [2.05, 4.69) is 46.2 Å². The molecule has 2 N–H and O–H groups in total. The lowest BCUT2D eigenvalue weighted by Gasteiger charge is -2.37. The van der Waals surface area contributed by atoms with Gasteiger partial charge >= 0.3 is 0 Å². The van der Waals surface area contributed by atoms with Crippen molar-refractivity contribution >= 4 is 36.4 Å². The molecule has 4 rings (SSSR count). The maximum absolute atomic E-state index is 13.2. The minimum atomic E-state index is -0.219. The molecule has 7 heteroatoms. The number of carbonyl (C=O) groups excluding carboxylic acids is 1. The Kier molecular flexibility index (Phi) is 8.15. The first-order valence-electron chi connectivity index (χ1n) is 10.2. The Morgan fingerprint density at radius 2 is 2.17 bits per heavy atom. The van der Waals surface area contributed by atoms with E-state index >= 15 is 0 Å². The van der Waals surface area contributed by atoms with Gasteiger partial charge in [0.2, 0.25) is 5.91 Å². The second-order valence-corrected chi connectivity index (χ2v) is 8.45. The summed E-state index contributed by atoms with van der Waals surface area (Å²) in [6, 6.07) is 8.23. The van der Waals surface area contributed by atoms with Gasteiger partial charge in [-0.3, -0.25) is 4.79 Å². The molecule has 1 aliphatic carbocycles. The van der Waals surface area contributed by atoms with Gasteiger partial charge in [0.15, 0.2) is 0 Å². The zero-order valence-corrected chi connectivity index (χ0v) is 18.8. The van der Waals surface area contributed by atoms with E-state index in [4.69, 9.17) is 0 Å². The lowest BCUT2D eigenvalue weighted by Crippen LogP contribution is -2.44. The van der Waals surface area contributed by atoms with Gasteiger partial charge in [-0.1, -0.05) is 38.8 Å². The number of rotatable bonds is 5. The number of imidazole rings is 1. The summed E-state index contributed by atoms with van der Waals surface area (Å²) in [6.07, 6.45) is 8.46. The Balaban J connectivity index is 0.00000150. The summed E-state index contributed by atoms with van der Waals surface area (Å²) in [7, 11) is 0. The molecule has 2 aromatic rings. The van der Waals surface area contributed by atoms with Crippen LogP contribution in [0.4, 0.5) is 5.69 Å². The topological polar surface area (TPSA) is 59.0 Å². The van der Waals surface area contributed by atoms with Crippen molar-refractivity contribution < 1.29 is 4.79 Å². The number of aromatic nitrogens is 2. The molecule has 29 heavy (non-hydrogen) atoms. The quantitative estimate of drug-likeness (QED) is 0.715. The third kappa shape index (κ3) is 4.79.